The molecule has 3 N–H and O–H groups in total. The van der Waals surface area contributed by atoms with Crippen molar-refractivity contribution in [3.63, 3.8) is 0 Å². The fourth-order valence-corrected chi connectivity index (χ4v) is 3.76. The van der Waals surface area contributed by atoms with Crippen LogP contribution in [0.25, 0.3) is 11.0 Å². The number of piperidine rings is 1. The van der Waals surface area contributed by atoms with Gasteiger partial charge in [-0.25, -0.2) is 14.8 Å². The molecule has 10 nitrogen and oxygen atoms in total. The fraction of sp³-hybridized carbons (Fsp3) is 0.526. The van der Waals surface area contributed by atoms with Gasteiger partial charge in [0.25, 0.3) is 0 Å². The van der Waals surface area contributed by atoms with E-state index >= 15 is 0 Å². The van der Waals surface area contributed by atoms with Crippen LogP contribution in [0.2, 0.25) is 0 Å². The van der Waals surface area contributed by atoms with Crippen LogP contribution in [0, 0.1) is 17.2 Å². The van der Waals surface area contributed by atoms with Gasteiger partial charge in [-0.1, -0.05) is 6.92 Å². The molecule has 0 aromatic carbocycles. The standard InChI is InChI=1S/C19H26N8O2/c1-13-4-9-26(16(28)3-6-20)11-15(13)25(2)17-14-5-10-27(18(14)24-12-23-17)19(29)22-8-7-21/h5,10,12-13,15H,3-4,7-9,11,21H2,1-2H3,(H,22,29)/t13-,15+/m1/s1. The summed E-state index contributed by atoms with van der Waals surface area (Å²) < 4.78 is 1.44. The molecule has 0 bridgehead atoms. The number of likely N-dealkylation sites (tertiary alicyclic amines) is 1. The first-order valence-electron chi connectivity index (χ1n) is 9.65. The average molecular weight is 398 g/mol. The molecule has 0 unspecified atom stereocenters. The number of likely N-dealkylation sites (N-methyl/N-ethyl adjacent to an activating group) is 1. The number of fused-ring (bicyclic) bond motifs is 1. The molecule has 1 aliphatic rings. The number of anilines is 1. The van der Waals surface area contributed by atoms with E-state index in [1.807, 2.05) is 24.1 Å². The van der Waals surface area contributed by atoms with Gasteiger partial charge in [-0.3, -0.25) is 9.36 Å². The number of carbonyl (C=O) groups is 2. The quantitative estimate of drug-likeness (QED) is 0.750. The van der Waals surface area contributed by atoms with Gasteiger partial charge in [0.2, 0.25) is 5.91 Å². The molecule has 1 saturated heterocycles. The molecule has 0 aliphatic carbocycles. The number of amides is 2. The third-order valence-electron chi connectivity index (χ3n) is 5.43. The number of nitrogens with two attached hydrogens (primary N) is 1. The molecule has 0 saturated carbocycles. The molecule has 2 aromatic rings. The number of nitriles is 1. The second kappa shape index (κ2) is 8.87. The van der Waals surface area contributed by atoms with E-state index in [0.717, 1.165) is 11.8 Å². The number of hydrogen-bond donors (Lipinski definition) is 2. The second-order valence-corrected chi connectivity index (χ2v) is 7.26. The van der Waals surface area contributed by atoms with Gasteiger partial charge in [-0.15, -0.1) is 0 Å². The van der Waals surface area contributed by atoms with Crippen molar-refractivity contribution in [1.82, 2.24) is 24.8 Å². The normalized spacial score (nSPS) is 19.0. The van der Waals surface area contributed by atoms with E-state index < -0.39 is 0 Å². The number of rotatable bonds is 5. The first-order valence-corrected chi connectivity index (χ1v) is 9.65. The third-order valence-corrected chi connectivity index (χ3v) is 5.43. The molecular formula is C19H26N8O2. The minimum absolute atomic E-state index is 0.0407. The molecule has 1 aliphatic heterocycles. The monoisotopic (exact) mass is 398 g/mol. The zero-order chi connectivity index (χ0) is 21.0. The highest BCUT2D eigenvalue weighted by Crippen LogP contribution is 2.29. The number of hydrogen-bond acceptors (Lipinski definition) is 7. The molecule has 154 valence electrons. The molecule has 2 amide bonds. The van der Waals surface area contributed by atoms with Crippen LogP contribution in [0.1, 0.15) is 19.8 Å². The van der Waals surface area contributed by atoms with Crippen LogP contribution in [0.3, 0.4) is 0 Å². The molecule has 0 radical (unpaired) electrons. The Hall–Kier alpha value is -3.19. The Kier molecular flexibility index (Phi) is 6.29. The Labute approximate surface area is 169 Å². The Morgan fingerprint density at radius 2 is 2.24 bits per heavy atom. The zero-order valence-corrected chi connectivity index (χ0v) is 16.7. The summed E-state index contributed by atoms with van der Waals surface area (Å²) in [5.41, 5.74) is 5.96. The van der Waals surface area contributed by atoms with E-state index in [0.29, 0.717) is 43.6 Å². The summed E-state index contributed by atoms with van der Waals surface area (Å²) in [6.07, 6.45) is 3.84. The summed E-state index contributed by atoms with van der Waals surface area (Å²) in [6.45, 7) is 4.07. The lowest BCUT2D eigenvalue weighted by molar-refractivity contribution is -0.131. The van der Waals surface area contributed by atoms with Crippen molar-refractivity contribution in [2.45, 2.75) is 25.8 Å². The molecule has 3 rings (SSSR count). The maximum atomic E-state index is 12.3. The third kappa shape index (κ3) is 4.14. The smallest absolute Gasteiger partial charge is 0.327 e. The lowest BCUT2D eigenvalue weighted by atomic mass is 9.92. The fourth-order valence-electron chi connectivity index (χ4n) is 3.76. The van der Waals surface area contributed by atoms with Crippen LogP contribution in [0.5, 0.6) is 0 Å². The van der Waals surface area contributed by atoms with E-state index in [-0.39, 0.29) is 24.4 Å². The highest BCUT2D eigenvalue weighted by Gasteiger charge is 2.32. The predicted octanol–water partition coefficient (Wildman–Crippen LogP) is 0.535. The highest BCUT2D eigenvalue weighted by molar-refractivity contribution is 5.94. The molecule has 2 atom stereocenters. The van der Waals surface area contributed by atoms with Gasteiger partial charge in [0.05, 0.1) is 17.5 Å². The molecule has 29 heavy (non-hydrogen) atoms. The Bertz CT molecular complexity index is 934. The Morgan fingerprint density at radius 3 is 2.97 bits per heavy atom. The van der Waals surface area contributed by atoms with Crippen molar-refractivity contribution in [1.29, 1.82) is 5.26 Å². The van der Waals surface area contributed by atoms with Gasteiger partial charge in [0.1, 0.15) is 18.6 Å². The largest absolute Gasteiger partial charge is 0.354 e. The number of aromatic nitrogens is 3. The van der Waals surface area contributed by atoms with E-state index in [2.05, 4.69) is 22.2 Å². The van der Waals surface area contributed by atoms with E-state index in [1.165, 1.54) is 10.9 Å². The van der Waals surface area contributed by atoms with Crippen LogP contribution in [-0.2, 0) is 4.79 Å². The first kappa shape index (κ1) is 20.5. The van der Waals surface area contributed by atoms with Gasteiger partial charge in [0.15, 0.2) is 5.65 Å². The van der Waals surface area contributed by atoms with Gasteiger partial charge in [-0.05, 0) is 18.4 Å². The maximum absolute atomic E-state index is 12.3. The van der Waals surface area contributed by atoms with E-state index in [1.54, 1.807) is 11.1 Å². The minimum Gasteiger partial charge on any atom is -0.354 e. The van der Waals surface area contributed by atoms with Crippen LogP contribution in [0.15, 0.2) is 18.6 Å². The van der Waals surface area contributed by atoms with Crippen LogP contribution >= 0.6 is 0 Å². The summed E-state index contributed by atoms with van der Waals surface area (Å²) in [5.74, 6) is 0.895. The van der Waals surface area contributed by atoms with Gasteiger partial charge in [0, 0.05) is 39.4 Å². The summed E-state index contributed by atoms with van der Waals surface area (Å²) in [4.78, 5) is 37.1. The molecule has 3 heterocycles. The molecule has 2 aromatic heterocycles. The van der Waals surface area contributed by atoms with Crippen molar-refractivity contribution < 1.29 is 9.59 Å². The van der Waals surface area contributed by atoms with Crippen LogP contribution < -0.4 is 16.0 Å². The van der Waals surface area contributed by atoms with Crippen LogP contribution in [-0.4, -0.2) is 70.6 Å². The second-order valence-electron chi connectivity index (χ2n) is 7.26. The number of nitrogens with one attached hydrogen (secondary N) is 1. The minimum atomic E-state index is -0.294. The Balaban J connectivity index is 1.87. The predicted molar refractivity (Wildman–Crippen MR) is 108 cm³/mol. The summed E-state index contributed by atoms with van der Waals surface area (Å²) in [6, 6.07) is 3.49. The zero-order valence-electron chi connectivity index (χ0n) is 16.7. The SMILES string of the molecule is C[C@@H]1CCN(C(=O)CC#N)C[C@@H]1N(C)c1ncnc2c1ccn2C(=O)NCCN. The van der Waals surface area contributed by atoms with Crippen molar-refractivity contribution in [3.8, 4) is 6.07 Å². The number of nitrogens with zero attached hydrogens (tertiary/aromatic N) is 6. The van der Waals surface area contributed by atoms with Crippen molar-refractivity contribution in [2.24, 2.45) is 11.7 Å². The van der Waals surface area contributed by atoms with Gasteiger partial charge < -0.3 is 20.9 Å². The summed E-state index contributed by atoms with van der Waals surface area (Å²) in [5, 5.41) is 12.3. The van der Waals surface area contributed by atoms with E-state index in [4.69, 9.17) is 11.0 Å². The lowest BCUT2D eigenvalue weighted by Crippen LogP contribution is -2.52. The van der Waals surface area contributed by atoms with Gasteiger partial charge >= 0.3 is 6.03 Å². The summed E-state index contributed by atoms with van der Waals surface area (Å²) >= 11 is 0. The van der Waals surface area contributed by atoms with Crippen molar-refractivity contribution in [3.05, 3.63) is 18.6 Å². The highest BCUT2D eigenvalue weighted by atomic mass is 16.2. The molecule has 1 fully saturated rings. The number of carbonyl (C=O) groups excluding carboxylic acids is 2. The molecule has 10 heteroatoms. The first-order chi connectivity index (χ1) is 14.0. The Morgan fingerprint density at radius 1 is 1.45 bits per heavy atom. The summed E-state index contributed by atoms with van der Waals surface area (Å²) in [7, 11) is 1.94. The topological polar surface area (TPSA) is 133 Å². The van der Waals surface area contributed by atoms with Gasteiger partial charge in [-0.2, -0.15) is 5.26 Å². The maximum Gasteiger partial charge on any atom is 0.327 e. The van der Waals surface area contributed by atoms with E-state index in [9.17, 15) is 9.59 Å². The molecular weight excluding hydrogens is 372 g/mol. The molecule has 0 spiro atoms. The van der Waals surface area contributed by atoms with Crippen molar-refractivity contribution >= 4 is 28.8 Å². The van der Waals surface area contributed by atoms with Crippen molar-refractivity contribution in [2.75, 3.05) is 38.1 Å². The van der Waals surface area contributed by atoms with Crippen LogP contribution in [0.4, 0.5) is 10.6 Å². The average Bonchev–Trinajstić information content (AvgIpc) is 3.16. The lowest BCUT2D eigenvalue weighted by Gasteiger charge is -2.42.